The maximum absolute atomic E-state index is 11.5. The lowest BCUT2D eigenvalue weighted by molar-refractivity contribution is 0.944. The van der Waals surface area contributed by atoms with Crippen molar-refractivity contribution in [3.8, 4) is 11.3 Å². The highest BCUT2D eigenvalue weighted by atomic mass is 32.2. The minimum absolute atomic E-state index is 0.134. The SMILES string of the molecule is C=CCSc1nc(-c2ccccc2)cc(=O)[nH]1. The first-order chi connectivity index (χ1) is 8.29. The number of rotatable bonds is 4. The molecule has 0 saturated heterocycles. The number of H-pyrrole nitrogens is 1. The molecule has 0 aliphatic heterocycles. The van der Waals surface area contributed by atoms with Crippen molar-refractivity contribution >= 4 is 11.8 Å². The van der Waals surface area contributed by atoms with Crippen molar-refractivity contribution in [2.24, 2.45) is 0 Å². The normalized spacial score (nSPS) is 10.1. The van der Waals surface area contributed by atoms with Gasteiger partial charge in [0.2, 0.25) is 0 Å². The Morgan fingerprint density at radius 2 is 2.12 bits per heavy atom. The summed E-state index contributed by atoms with van der Waals surface area (Å²) in [4.78, 5) is 18.6. The zero-order chi connectivity index (χ0) is 12.1. The molecule has 0 saturated carbocycles. The Morgan fingerprint density at radius 1 is 1.35 bits per heavy atom. The fourth-order valence-corrected chi connectivity index (χ4v) is 2.01. The van der Waals surface area contributed by atoms with Gasteiger partial charge in [0.1, 0.15) is 0 Å². The number of nitrogens with one attached hydrogen (secondary N) is 1. The van der Waals surface area contributed by atoms with Crippen LogP contribution in [0, 0.1) is 0 Å². The molecule has 3 nitrogen and oxygen atoms in total. The maximum Gasteiger partial charge on any atom is 0.252 e. The van der Waals surface area contributed by atoms with Gasteiger partial charge in [-0.2, -0.15) is 0 Å². The van der Waals surface area contributed by atoms with Crippen molar-refractivity contribution < 1.29 is 0 Å². The average molecular weight is 244 g/mol. The van der Waals surface area contributed by atoms with Gasteiger partial charge in [-0.1, -0.05) is 48.2 Å². The van der Waals surface area contributed by atoms with E-state index in [4.69, 9.17) is 0 Å². The van der Waals surface area contributed by atoms with Gasteiger partial charge in [0.05, 0.1) is 5.69 Å². The molecule has 0 spiro atoms. The van der Waals surface area contributed by atoms with Gasteiger partial charge in [0, 0.05) is 17.4 Å². The van der Waals surface area contributed by atoms with Gasteiger partial charge in [0.15, 0.2) is 5.16 Å². The third-order valence-corrected chi connectivity index (χ3v) is 3.00. The molecule has 2 rings (SSSR count). The molecule has 0 atom stereocenters. The van der Waals surface area contributed by atoms with Gasteiger partial charge in [-0.3, -0.25) is 4.79 Å². The summed E-state index contributed by atoms with van der Waals surface area (Å²) in [6.07, 6.45) is 1.78. The lowest BCUT2D eigenvalue weighted by Gasteiger charge is -2.02. The minimum atomic E-state index is -0.134. The highest BCUT2D eigenvalue weighted by molar-refractivity contribution is 7.99. The van der Waals surface area contributed by atoms with Crippen molar-refractivity contribution in [3.05, 3.63) is 59.4 Å². The topological polar surface area (TPSA) is 45.8 Å². The molecule has 1 N–H and O–H groups in total. The number of nitrogens with zero attached hydrogens (tertiary/aromatic N) is 1. The predicted molar refractivity (Wildman–Crippen MR) is 71.2 cm³/mol. The Morgan fingerprint density at radius 3 is 2.82 bits per heavy atom. The molecule has 0 bridgehead atoms. The number of aromatic nitrogens is 2. The maximum atomic E-state index is 11.5. The molecule has 86 valence electrons. The van der Waals surface area contributed by atoms with E-state index in [1.807, 2.05) is 30.3 Å². The summed E-state index contributed by atoms with van der Waals surface area (Å²) < 4.78 is 0. The molecule has 2 aromatic rings. The van der Waals surface area contributed by atoms with Crippen LogP contribution in [0.3, 0.4) is 0 Å². The molecule has 0 fully saturated rings. The predicted octanol–water partition coefficient (Wildman–Crippen LogP) is 2.71. The van der Waals surface area contributed by atoms with Crippen LogP contribution in [-0.2, 0) is 0 Å². The van der Waals surface area contributed by atoms with E-state index in [9.17, 15) is 4.79 Å². The van der Waals surface area contributed by atoms with E-state index in [2.05, 4.69) is 16.5 Å². The van der Waals surface area contributed by atoms with Crippen LogP contribution < -0.4 is 5.56 Å². The molecule has 17 heavy (non-hydrogen) atoms. The number of benzene rings is 1. The Labute approximate surface area is 104 Å². The van der Waals surface area contributed by atoms with Crippen LogP contribution >= 0.6 is 11.8 Å². The highest BCUT2D eigenvalue weighted by Gasteiger charge is 2.03. The summed E-state index contributed by atoms with van der Waals surface area (Å²) in [5, 5.41) is 0.622. The fraction of sp³-hybridized carbons (Fsp3) is 0.0769. The van der Waals surface area contributed by atoms with Crippen LogP contribution in [0.2, 0.25) is 0 Å². The van der Waals surface area contributed by atoms with Crippen LogP contribution in [-0.4, -0.2) is 15.7 Å². The minimum Gasteiger partial charge on any atom is -0.301 e. The molecule has 0 unspecified atom stereocenters. The van der Waals surface area contributed by atoms with Gasteiger partial charge in [-0.15, -0.1) is 6.58 Å². The standard InChI is InChI=1S/C13H12N2OS/c1-2-8-17-13-14-11(9-12(16)15-13)10-6-4-3-5-7-10/h2-7,9H,1,8H2,(H,14,15,16). The lowest BCUT2D eigenvalue weighted by Crippen LogP contribution is -2.08. The van der Waals surface area contributed by atoms with Gasteiger partial charge in [-0.25, -0.2) is 4.98 Å². The first-order valence-corrected chi connectivity index (χ1v) is 6.18. The molecule has 1 aromatic carbocycles. The smallest absolute Gasteiger partial charge is 0.252 e. The monoisotopic (exact) mass is 244 g/mol. The van der Waals surface area contributed by atoms with Crippen molar-refractivity contribution in [2.45, 2.75) is 5.16 Å². The quantitative estimate of drug-likeness (QED) is 0.511. The van der Waals surface area contributed by atoms with E-state index in [1.54, 1.807) is 6.08 Å². The highest BCUT2D eigenvalue weighted by Crippen LogP contribution is 2.18. The van der Waals surface area contributed by atoms with Crippen molar-refractivity contribution in [1.82, 2.24) is 9.97 Å². The second kappa shape index (κ2) is 5.50. The van der Waals surface area contributed by atoms with Gasteiger partial charge in [0.25, 0.3) is 5.56 Å². The number of aromatic amines is 1. The van der Waals surface area contributed by atoms with Crippen molar-refractivity contribution in [2.75, 3.05) is 5.75 Å². The molecular weight excluding hydrogens is 232 g/mol. The van der Waals surface area contributed by atoms with Gasteiger partial charge >= 0.3 is 0 Å². The van der Waals surface area contributed by atoms with E-state index < -0.39 is 0 Å². The van der Waals surface area contributed by atoms with Crippen LogP contribution in [0.25, 0.3) is 11.3 Å². The third kappa shape index (κ3) is 3.07. The Kier molecular flexibility index (Phi) is 3.77. The summed E-state index contributed by atoms with van der Waals surface area (Å²) >= 11 is 1.46. The van der Waals surface area contributed by atoms with Gasteiger partial charge in [-0.05, 0) is 0 Å². The molecule has 1 aromatic heterocycles. The summed E-state index contributed by atoms with van der Waals surface area (Å²) in [5.74, 6) is 0.723. The number of hydrogen-bond acceptors (Lipinski definition) is 3. The van der Waals surface area contributed by atoms with Crippen LogP contribution in [0.5, 0.6) is 0 Å². The summed E-state index contributed by atoms with van der Waals surface area (Å²) in [7, 11) is 0. The first kappa shape index (κ1) is 11.7. The van der Waals surface area contributed by atoms with Crippen molar-refractivity contribution in [3.63, 3.8) is 0 Å². The van der Waals surface area contributed by atoms with E-state index in [1.165, 1.54) is 17.8 Å². The molecular formula is C13H12N2OS. The first-order valence-electron chi connectivity index (χ1n) is 5.20. The number of thioether (sulfide) groups is 1. The van der Waals surface area contributed by atoms with Gasteiger partial charge < -0.3 is 4.98 Å². The van der Waals surface area contributed by atoms with E-state index in [-0.39, 0.29) is 5.56 Å². The zero-order valence-corrected chi connectivity index (χ0v) is 10.0. The zero-order valence-electron chi connectivity index (χ0n) is 9.22. The Bertz CT molecular complexity index is 563. The molecule has 0 amide bonds. The second-order valence-electron chi connectivity index (χ2n) is 3.40. The average Bonchev–Trinajstić information content (AvgIpc) is 2.37. The molecule has 0 radical (unpaired) electrons. The largest absolute Gasteiger partial charge is 0.301 e. The van der Waals surface area contributed by atoms with E-state index in [0.29, 0.717) is 10.9 Å². The number of hydrogen-bond donors (Lipinski definition) is 1. The van der Waals surface area contributed by atoms with Crippen LogP contribution in [0.4, 0.5) is 0 Å². The molecule has 1 heterocycles. The summed E-state index contributed by atoms with van der Waals surface area (Å²) in [6.45, 7) is 3.64. The Hall–Kier alpha value is -1.81. The summed E-state index contributed by atoms with van der Waals surface area (Å²) in [5.41, 5.74) is 1.50. The van der Waals surface area contributed by atoms with E-state index in [0.717, 1.165) is 11.3 Å². The second-order valence-corrected chi connectivity index (χ2v) is 4.41. The summed E-state index contributed by atoms with van der Waals surface area (Å²) in [6, 6.07) is 11.2. The fourth-order valence-electron chi connectivity index (χ4n) is 1.40. The van der Waals surface area contributed by atoms with E-state index >= 15 is 0 Å². The van der Waals surface area contributed by atoms with Crippen LogP contribution in [0.15, 0.2) is 59.0 Å². The molecule has 4 heteroatoms. The van der Waals surface area contributed by atoms with Crippen molar-refractivity contribution in [1.29, 1.82) is 0 Å². The third-order valence-electron chi connectivity index (χ3n) is 2.13. The van der Waals surface area contributed by atoms with Crippen LogP contribution in [0.1, 0.15) is 0 Å². The lowest BCUT2D eigenvalue weighted by atomic mass is 10.1. The molecule has 0 aliphatic rings. The molecule has 0 aliphatic carbocycles. The Balaban J connectivity index is 2.38.